The molecule has 0 fully saturated rings. The molecule has 5 aromatic rings. The Labute approximate surface area is 193 Å². The first-order valence-corrected chi connectivity index (χ1v) is 10.6. The fraction of sp³-hybridized carbons (Fsp3) is 0.167. The summed E-state index contributed by atoms with van der Waals surface area (Å²) in [5.74, 6) is -1.34. The van der Waals surface area contributed by atoms with Crippen LogP contribution in [0.5, 0.6) is 0 Å². The molecule has 10 nitrogen and oxygen atoms in total. The number of nitrogens with zero attached hydrogens (tertiary/aromatic N) is 6. The van der Waals surface area contributed by atoms with Crippen molar-refractivity contribution in [3.05, 3.63) is 83.6 Å². The molecule has 2 N–H and O–H groups in total. The van der Waals surface area contributed by atoms with E-state index < -0.39 is 17.9 Å². The summed E-state index contributed by atoms with van der Waals surface area (Å²) >= 11 is 0. The number of nitrogens with one attached hydrogen (secondary N) is 1. The molecule has 1 unspecified atom stereocenters. The van der Waals surface area contributed by atoms with E-state index in [2.05, 4.69) is 25.6 Å². The van der Waals surface area contributed by atoms with Gasteiger partial charge in [0.25, 0.3) is 5.91 Å². The summed E-state index contributed by atoms with van der Waals surface area (Å²) in [5.41, 5.74) is 4.86. The molecule has 5 rings (SSSR count). The van der Waals surface area contributed by atoms with Crippen LogP contribution in [0, 0.1) is 13.8 Å². The second-order valence-corrected chi connectivity index (χ2v) is 8.02. The van der Waals surface area contributed by atoms with E-state index in [0.717, 1.165) is 11.3 Å². The fourth-order valence-corrected chi connectivity index (χ4v) is 4.05. The standard InChI is InChI=1S/C24H21N7O3/c1-14-10-21-27-28-23(15(2)31(21)29-14)24(34)26-17-8-9-18-20(11-17)30(13-25-18)19(12-22(32)33)16-6-4-3-5-7-16/h3-11,13,19H,12H2,1-2H3,(H,26,34)(H,32,33). The van der Waals surface area contributed by atoms with Crippen molar-refractivity contribution in [1.82, 2.24) is 29.4 Å². The van der Waals surface area contributed by atoms with Crippen LogP contribution < -0.4 is 5.32 Å². The summed E-state index contributed by atoms with van der Waals surface area (Å²) < 4.78 is 3.41. The maximum Gasteiger partial charge on any atom is 0.305 e. The minimum absolute atomic E-state index is 0.107. The number of hydrogen-bond acceptors (Lipinski definition) is 6. The number of rotatable bonds is 6. The number of carbonyl (C=O) groups is 2. The van der Waals surface area contributed by atoms with Gasteiger partial charge in [-0.3, -0.25) is 9.59 Å². The van der Waals surface area contributed by atoms with Crippen molar-refractivity contribution in [2.75, 3.05) is 5.32 Å². The highest BCUT2D eigenvalue weighted by atomic mass is 16.4. The van der Waals surface area contributed by atoms with Gasteiger partial charge in [0, 0.05) is 11.8 Å². The van der Waals surface area contributed by atoms with Gasteiger partial charge in [0.1, 0.15) is 0 Å². The number of hydrogen-bond donors (Lipinski definition) is 2. The number of amides is 1. The van der Waals surface area contributed by atoms with Crippen molar-refractivity contribution in [3.63, 3.8) is 0 Å². The van der Waals surface area contributed by atoms with E-state index in [4.69, 9.17) is 0 Å². The Bertz CT molecular complexity index is 1540. The van der Waals surface area contributed by atoms with Crippen molar-refractivity contribution >= 4 is 34.2 Å². The van der Waals surface area contributed by atoms with Gasteiger partial charge in [-0.2, -0.15) is 5.10 Å². The topological polar surface area (TPSA) is 127 Å². The molecule has 0 saturated carbocycles. The highest BCUT2D eigenvalue weighted by Gasteiger charge is 2.21. The molecule has 34 heavy (non-hydrogen) atoms. The van der Waals surface area contributed by atoms with E-state index in [1.54, 1.807) is 42.0 Å². The lowest BCUT2D eigenvalue weighted by Crippen LogP contribution is -2.18. The molecule has 0 aliphatic carbocycles. The number of carbonyl (C=O) groups excluding carboxylic acids is 1. The predicted molar refractivity (Wildman–Crippen MR) is 125 cm³/mol. The van der Waals surface area contributed by atoms with E-state index in [9.17, 15) is 14.7 Å². The first kappa shape index (κ1) is 21.3. The minimum atomic E-state index is -0.918. The molecular formula is C24H21N7O3. The van der Waals surface area contributed by atoms with Crippen LogP contribution in [0.4, 0.5) is 5.69 Å². The number of anilines is 1. The van der Waals surface area contributed by atoms with Crippen LogP contribution in [-0.4, -0.2) is 46.3 Å². The van der Waals surface area contributed by atoms with Crippen LogP contribution in [0.2, 0.25) is 0 Å². The first-order chi connectivity index (χ1) is 16.4. The Morgan fingerprint density at radius 1 is 1.06 bits per heavy atom. The fourth-order valence-electron chi connectivity index (χ4n) is 4.05. The molecule has 170 valence electrons. The largest absolute Gasteiger partial charge is 0.481 e. The monoisotopic (exact) mass is 455 g/mol. The maximum absolute atomic E-state index is 13.0. The van der Waals surface area contributed by atoms with Crippen LogP contribution >= 0.6 is 0 Å². The molecule has 0 spiro atoms. The number of carboxylic acids is 1. The normalized spacial score (nSPS) is 12.2. The van der Waals surface area contributed by atoms with Gasteiger partial charge in [-0.25, -0.2) is 9.50 Å². The van der Waals surface area contributed by atoms with Crippen LogP contribution in [0.25, 0.3) is 16.7 Å². The first-order valence-electron chi connectivity index (χ1n) is 10.6. The van der Waals surface area contributed by atoms with Gasteiger partial charge < -0.3 is 15.0 Å². The molecule has 3 aromatic heterocycles. The predicted octanol–water partition coefficient (Wildman–Crippen LogP) is 3.41. The summed E-state index contributed by atoms with van der Waals surface area (Å²) in [6.07, 6.45) is 1.52. The summed E-state index contributed by atoms with van der Waals surface area (Å²) in [4.78, 5) is 29.0. The number of fused-ring (bicyclic) bond motifs is 2. The maximum atomic E-state index is 13.0. The number of aromatic nitrogens is 6. The lowest BCUT2D eigenvalue weighted by Gasteiger charge is -2.18. The van der Waals surface area contributed by atoms with Gasteiger partial charge in [-0.15, -0.1) is 10.2 Å². The van der Waals surface area contributed by atoms with Crippen molar-refractivity contribution < 1.29 is 14.7 Å². The second kappa shape index (κ2) is 8.39. The second-order valence-electron chi connectivity index (χ2n) is 8.02. The summed E-state index contributed by atoms with van der Waals surface area (Å²) in [6, 6.07) is 16.0. The third-order valence-corrected chi connectivity index (χ3v) is 5.66. The molecule has 1 amide bonds. The zero-order valence-corrected chi connectivity index (χ0v) is 18.5. The molecule has 0 aliphatic heterocycles. The van der Waals surface area contributed by atoms with Crippen LogP contribution in [0.3, 0.4) is 0 Å². The van der Waals surface area contributed by atoms with Crippen molar-refractivity contribution in [3.8, 4) is 0 Å². The molecule has 0 saturated heterocycles. The van der Waals surface area contributed by atoms with Crippen molar-refractivity contribution in [2.24, 2.45) is 0 Å². The van der Waals surface area contributed by atoms with E-state index >= 15 is 0 Å². The lowest BCUT2D eigenvalue weighted by molar-refractivity contribution is -0.137. The molecule has 0 aliphatic rings. The zero-order chi connectivity index (χ0) is 23.8. The number of aliphatic carboxylic acids is 1. The van der Waals surface area contributed by atoms with Gasteiger partial charge in [-0.1, -0.05) is 30.3 Å². The lowest BCUT2D eigenvalue weighted by atomic mass is 10.0. The van der Waals surface area contributed by atoms with Gasteiger partial charge in [0.15, 0.2) is 11.3 Å². The number of imidazole rings is 1. The molecule has 2 aromatic carbocycles. The SMILES string of the molecule is Cc1cc2nnc(C(=O)Nc3ccc4ncn(C(CC(=O)O)c5ccccc5)c4c3)c(C)n2n1. The Morgan fingerprint density at radius 2 is 1.85 bits per heavy atom. The average Bonchev–Trinajstić information content (AvgIpc) is 3.41. The average molecular weight is 455 g/mol. The highest BCUT2D eigenvalue weighted by Crippen LogP contribution is 2.28. The van der Waals surface area contributed by atoms with E-state index in [1.165, 1.54) is 0 Å². The van der Waals surface area contributed by atoms with Gasteiger partial charge >= 0.3 is 5.97 Å². The summed E-state index contributed by atoms with van der Waals surface area (Å²) in [6.45, 7) is 3.61. The van der Waals surface area contributed by atoms with Gasteiger partial charge in [-0.05, 0) is 37.6 Å². The van der Waals surface area contributed by atoms with Crippen molar-refractivity contribution in [1.29, 1.82) is 0 Å². The minimum Gasteiger partial charge on any atom is -0.481 e. The Kier molecular flexibility index (Phi) is 5.25. The van der Waals surface area contributed by atoms with Crippen LogP contribution in [0.1, 0.15) is 39.9 Å². The molecule has 10 heteroatoms. The quantitative estimate of drug-likeness (QED) is 0.402. The summed E-state index contributed by atoms with van der Waals surface area (Å²) in [5, 5.41) is 24.9. The van der Waals surface area contributed by atoms with E-state index in [-0.39, 0.29) is 12.1 Å². The Balaban J connectivity index is 1.50. The molecule has 0 radical (unpaired) electrons. The number of aryl methyl sites for hydroxylation is 2. The van der Waals surface area contributed by atoms with Gasteiger partial charge in [0.2, 0.25) is 0 Å². The van der Waals surface area contributed by atoms with Crippen molar-refractivity contribution in [2.45, 2.75) is 26.3 Å². The zero-order valence-electron chi connectivity index (χ0n) is 18.5. The third-order valence-electron chi connectivity index (χ3n) is 5.66. The van der Waals surface area contributed by atoms with Crippen LogP contribution in [-0.2, 0) is 4.79 Å². The third kappa shape index (κ3) is 3.85. The van der Waals surface area contributed by atoms with Crippen LogP contribution in [0.15, 0.2) is 60.9 Å². The summed E-state index contributed by atoms with van der Waals surface area (Å²) in [7, 11) is 0. The molecule has 3 heterocycles. The molecule has 1 atom stereocenters. The molecular weight excluding hydrogens is 434 g/mol. The molecule has 0 bridgehead atoms. The highest BCUT2D eigenvalue weighted by molar-refractivity contribution is 6.04. The number of carboxylic acid groups (broad SMARTS) is 1. The Morgan fingerprint density at radius 3 is 2.62 bits per heavy atom. The van der Waals surface area contributed by atoms with Gasteiger partial charge in [0.05, 0.1) is 41.2 Å². The smallest absolute Gasteiger partial charge is 0.305 e. The Hall–Kier alpha value is -4.60. The van der Waals surface area contributed by atoms with E-state index in [1.807, 2.05) is 41.8 Å². The van der Waals surface area contributed by atoms with E-state index in [0.29, 0.717) is 28.1 Å². The number of benzene rings is 2.